The van der Waals surface area contributed by atoms with Crippen molar-refractivity contribution in [1.29, 1.82) is 0 Å². The second kappa shape index (κ2) is 8.76. The standard InChI is InChI=1S/C12H26N2OS/c1-10(2)9-14(11(3)4)12(16)13-7-6-8-15-5/h10-11H,6-9H2,1-5H3,(H,13,16). The van der Waals surface area contributed by atoms with E-state index in [-0.39, 0.29) is 0 Å². The molecule has 16 heavy (non-hydrogen) atoms. The molecule has 0 aromatic rings. The van der Waals surface area contributed by atoms with Crippen molar-refractivity contribution in [3.05, 3.63) is 0 Å². The van der Waals surface area contributed by atoms with E-state index in [0.29, 0.717) is 12.0 Å². The molecule has 0 radical (unpaired) electrons. The van der Waals surface area contributed by atoms with Crippen LogP contribution in [0.15, 0.2) is 0 Å². The zero-order valence-electron chi connectivity index (χ0n) is 11.2. The first kappa shape index (κ1) is 15.7. The van der Waals surface area contributed by atoms with Crippen LogP contribution in [0.25, 0.3) is 0 Å². The van der Waals surface area contributed by atoms with Gasteiger partial charge >= 0.3 is 0 Å². The highest BCUT2D eigenvalue weighted by atomic mass is 32.1. The lowest BCUT2D eigenvalue weighted by Gasteiger charge is -2.31. The normalized spacial score (nSPS) is 10.9. The molecular weight excluding hydrogens is 220 g/mol. The van der Waals surface area contributed by atoms with Gasteiger partial charge in [-0.2, -0.15) is 0 Å². The van der Waals surface area contributed by atoms with Crippen LogP contribution in [0.3, 0.4) is 0 Å². The fourth-order valence-electron chi connectivity index (χ4n) is 1.44. The fourth-order valence-corrected chi connectivity index (χ4v) is 1.82. The summed E-state index contributed by atoms with van der Waals surface area (Å²) < 4.78 is 5.00. The highest BCUT2D eigenvalue weighted by Crippen LogP contribution is 2.04. The Morgan fingerprint density at radius 3 is 2.38 bits per heavy atom. The molecule has 0 aromatic carbocycles. The zero-order valence-corrected chi connectivity index (χ0v) is 12.1. The van der Waals surface area contributed by atoms with E-state index in [4.69, 9.17) is 17.0 Å². The third-order valence-electron chi connectivity index (χ3n) is 2.25. The molecule has 0 heterocycles. The van der Waals surface area contributed by atoms with E-state index in [2.05, 4.69) is 37.9 Å². The van der Waals surface area contributed by atoms with Crippen LogP contribution in [0.4, 0.5) is 0 Å². The zero-order chi connectivity index (χ0) is 12.6. The van der Waals surface area contributed by atoms with Gasteiger partial charge in [0.1, 0.15) is 0 Å². The maximum absolute atomic E-state index is 5.39. The maximum atomic E-state index is 5.39. The topological polar surface area (TPSA) is 24.5 Å². The SMILES string of the molecule is COCCCNC(=S)N(CC(C)C)C(C)C. The molecule has 96 valence electrons. The molecule has 0 saturated carbocycles. The van der Waals surface area contributed by atoms with Crippen molar-refractivity contribution in [2.24, 2.45) is 5.92 Å². The summed E-state index contributed by atoms with van der Waals surface area (Å²) in [5.74, 6) is 0.626. The average Bonchev–Trinajstić information content (AvgIpc) is 2.20. The Morgan fingerprint density at radius 1 is 1.31 bits per heavy atom. The van der Waals surface area contributed by atoms with E-state index < -0.39 is 0 Å². The molecule has 3 nitrogen and oxygen atoms in total. The first-order valence-corrected chi connectivity index (χ1v) is 6.43. The average molecular weight is 246 g/mol. The van der Waals surface area contributed by atoms with Crippen LogP contribution in [0, 0.1) is 5.92 Å². The van der Waals surface area contributed by atoms with Gasteiger partial charge in [0.2, 0.25) is 0 Å². The minimum atomic E-state index is 0.449. The molecule has 0 aliphatic rings. The number of methoxy groups -OCH3 is 1. The van der Waals surface area contributed by atoms with Gasteiger partial charge in [0.15, 0.2) is 5.11 Å². The highest BCUT2D eigenvalue weighted by molar-refractivity contribution is 7.80. The molecule has 0 spiro atoms. The van der Waals surface area contributed by atoms with E-state index in [9.17, 15) is 0 Å². The van der Waals surface area contributed by atoms with Gasteiger partial charge in [-0.25, -0.2) is 0 Å². The predicted molar refractivity (Wildman–Crippen MR) is 73.8 cm³/mol. The van der Waals surface area contributed by atoms with Crippen LogP contribution in [0.2, 0.25) is 0 Å². The highest BCUT2D eigenvalue weighted by Gasteiger charge is 2.13. The summed E-state index contributed by atoms with van der Waals surface area (Å²) in [6.45, 7) is 11.4. The minimum absolute atomic E-state index is 0.449. The van der Waals surface area contributed by atoms with Crippen LogP contribution in [-0.4, -0.2) is 42.9 Å². The first-order chi connectivity index (χ1) is 7.49. The van der Waals surface area contributed by atoms with Gasteiger partial charge in [0.25, 0.3) is 0 Å². The smallest absolute Gasteiger partial charge is 0.169 e. The molecule has 0 aliphatic carbocycles. The lowest BCUT2D eigenvalue weighted by Crippen LogP contribution is -2.45. The van der Waals surface area contributed by atoms with Gasteiger partial charge in [-0.3, -0.25) is 0 Å². The predicted octanol–water partition coefficient (Wildman–Crippen LogP) is 2.26. The van der Waals surface area contributed by atoms with Gasteiger partial charge in [0, 0.05) is 32.8 Å². The molecule has 0 aromatic heterocycles. The van der Waals surface area contributed by atoms with Crippen molar-refractivity contribution in [3.63, 3.8) is 0 Å². The third-order valence-corrected chi connectivity index (χ3v) is 2.63. The Bertz CT molecular complexity index is 195. The number of hydrogen-bond donors (Lipinski definition) is 1. The van der Waals surface area contributed by atoms with Gasteiger partial charge in [-0.05, 0) is 38.4 Å². The van der Waals surface area contributed by atoms with Crippen LogP contribution in [0.5, 0.6) is 0 Å². The Kier molecular flexibility index (Phi) is 8.57. The Morgan fingerprint density at radius 2 is 1.94 bits per heavy atom. The molecule has 0 atom stereocenters. The summed E-state index contributed by atoms with van der Waals surface area (Å²) in [7, 11) is 1.72. The maximum Gasteiger partial charge on any atom is 0.169 e. The lowest BCUT2D eigenvalue weighted by atomic mass is 10.2. The van der Waals surface area contributed by atoms with Crippen molar-refractivity contribution in [3.8, 4) is 0 Å². The van der Waals surface area contributed by atoms with Gasteiger partial charge in [-0.15, -0.1) is 0 Å². The van der Waals surface area contributed by atoms with Gasteiger partial charge in [0.05, 0.1) is 0 Å². The molecule has 0 unspecified atom stereocenters. The molecular formula is C12H26N2OS. The van der Waals surface area contributed by atoms with E-state index in [0.717, 1.165) is 31.2 Å². The summed E-state index contributed by atoms with van der Waals surface area (Å²) in [5.41, 5.74) is 0. The van der Waals surface area contributed by atoms with Crippen molar-refractivity contribution >= 4 is 17.3 Å². The minimum Gasteiger partial charge on any atom is -0.385 e. The second-order valence-corrected chi connectivity index (χ2v) is 5.10. The number of ether oxygens (including phenoxy) is 1. The summed E-state index contributed by atoms with van der Waals surface area (Å²) >= 11 is 5.39. The molecule has 4 heteroatoms. The van der Waals surface area contributed by atoms with Crippen LogP contribution >= 0.6 is 12.2 Å². The van der Waals surface area contributed by atoms with Gasteiger partial charge < -0.3 is 15.0 Å². The molecule has 0 amide bonds. The van der Waals surface area contributed by atoms with Crippen LogP contribution < -0.4 is 5.32 Å². The molecule has 0 aliphatic heterocycles. The molecule has 0 fully saturated rings. The van der Waals surface area contributed by atoms with Crippen molar-refractivity contribution in [1.82, 2.24) is 10.2 Å². The Hall–Kier alpha value is -0.350. The number of thiocarbonyl (C=S) groups is 1. The monoisotopic (exact) mass is 246 g/mol. The van der Waals surface area contributed by atoms with Crippen molar-refractivity contribution < 1.29 is 4.74 Å². The Labute approximate surface area is 106 Å². The van der Waals surface area contributed by atoms with Crippen molar-refractivity contribution in [2.45, 2.75) is 40.2 Å². The number of rotatable bonds is 7. The van der Waals surface area contributed by atoms with Crippen molar-refractivity contribution in [2.75, 3.05) is 26.8 Å². The van der Waals surface area contributed by atoms with E-state index in [1.165, 1.54) is 0 Å². The summed E-state index contributed by atoms with van der Waals surface area (Å²) in [5, 5.41) is 4.14. The van der Waals surface area contributed by atoms with E-state index in [1.54, 1.807) is 7.11 Å². The largest absolute Gasteiger partial charge is 0.385 e. The lowest BCUT2D eigenvalue weighted by molar-refractivity contribution is 0.195. The third kappa shape index (κ3) is 7.01. The molecule has 0 rings (SSSR count). The summed E-state index contributed by atoms with van der Waals surface area (Å²) in [4.78, 5) is 2.24. The van der Waals surface area contributed by atoms with E-state index in [1.807, 2.05) is 0 Å². The molecule has 0 saturated heterocycles. The second-order valence-electron chi connectivity index (χ2n) is 4.72. The number of nitrogens with one attached hydrogen (secondary N) is 1. The quantitative estimate of drug-likeness (QED) is 0.550. The number of hydrogen-bond acceptors (Lipinski definition) is 2. The molecule has 1 N–H and O–H groups in total. The van der Waals surface area contributed by atoms with E-state index >= 15 is 0 Å². The van der Waals surface area contributed by atoms with Gasteiger partial charge in [-0.1, -0.05) is 13.8 Å². The number of nitrogens with zero attached hydrogens (tertiary/aromatic N) is 1. The molecule has 0 bridgehead atoms. The van der Waals surface area contributed by atoms with Crippen LogP contribution in [0.1, 0.15) is 34.1 Å². The Balaban J connectivity index is 3.97. The fraction of sp³-hybridized carbons (Fsp3) is 0.917. The van der Waals surface area contributed by atoms with Crippen LogP contribution in [-0.2, 0) is 4.74 Å². The summed E-state index contributed by atoms with van der Waals surface area (Å²) in [6, 6.07) is 0.449. The summed E-state index contributed by atoms with van der Waals surface area (Å²) in [6.07, 6.45) is 0.990. The first-order valence-electron chi connectivity index (χ1n) is 6.02.